The van der Waals surface area contributed by atoms with Gasteiger partial charge in [-0.15, -0.1) is 0 Å². The van der Waals surface area contributed by atoms with Gasteiger partial charge in [-0.1, -0.05) is 6.92 Å². The molecule has 1 fully saturated rings. The van der Waals surface area contributed by atoms with Gasteiger partial charge in [-0.3, -0.25) is 0 Å². The maximum atomic E-state index is 5.23. The van der Waals surface area contributed by atoms with Crippen LogP contribution in [0.4, 0.5) is 5.95 Å². The minimum Gasteiger partial charge on any atom is -0.497 e. The maximum absolute atomic E-state index is 5.23. The van der Waals surface area contributed by atoms with Crippen LogP contribution < -0.4 is 9.64 Å². The number of anilines is 1. The van der Waals surface area contributed by atoms with Crippen molar-refractivity contribution < 1.29 is 4.74 Å². The Kier molecular flexibility index (Phi) is 4.79. The third-order valence-corrected chi connectivity index (χ3v) is 5.22. The molecule has 0 aliphatic carbocycles. The lowest BCUT2D eigenvalue weighted by atomic mass is 10.00. The lowest BCUT2D eigenvalue weighted by molar-refractivity contribution is 0.414. The largest absolute Gasteiger partial charge is 0.497 e. The van der Waals surface area contributed by atoms with Crippen molar-refractivity contribution >= 4 is 5.95 Å². The molecule has 140 valence electrons. The summed E-state index contributed by atoms with van der Waals surface area (Å²) in [5.74, 6) is 2.43. The molecule has 0 radical (unpaired) electrons. The SMILES string of the molecule is COc1ccc(-n2cc(-c3ccnc(N4CCC(C)CC4)n3)c(C)n2)cc1. The maximum Gasteiger partial charge on any atom is 0.225 e. The van der Waals surface area contributed by atoms with Gasteiger partial charge in [-0.05, 0) is 56.0 Å². The van der Waals surface area contributed by atoms with Gasteiger partial charge in [0.15, 0.2) is 0 Å². The summed E-state index contributed by atoms with van der Waals surface area (Å²) in [6.45, 7) is 6.37. The highest BCUT2D eigenvalue weighted by atomic mass is 16.5. The molecule has 1 aliphatic heterocycles. The topological polar surface area (TPSA) is 56.1 Å². The van der Waals surface area contributed by atoms with Crippen molar-refractivity contribution in [1.29, 1.82) is 0 Å². The molecule has 6 heteroatoms. The van der Waals surface area contributed by atoms with E-state index >= 15 is 0 Å². The van der Waals surface area contributed by atoms with Crippen LogP contribution in [0.1, 0.15) is 25.5 Å². The molecule has 1 aliphatic rings. The zero-order chi connectivity index (χ0) is 18.8. The summed E-state index contributed by atoms with van der Waals surface area (Å²) in [7, 11) is 1.67. The molecular weight excluding hydrogens is 338 g/mol. The summed E-state index contributed by atoms with van der Waals surface area (Å²) in [4.78, 5) is 11.6. The molecule has 6 nitrogen and oxygen atoms in total. The van der Waals surface area contributed by atoms with Gasteiger partial charge in [0, 0.05) is 31.0 Å². The Hall–Kier alpha value is -2.89. The van der Waals surface area contributed by atoms with Crippen LogP contribution in [-0.2, 0) is 0 Å². The zero-order valence-electron chi connectivity index (χ0n) is 16.1. The molecule has 0 amide bonds. The van der Waals surface area contributed by atoms with E-state index in [2.05, 4.69) is 21.9 Å². The van der Waals surface area contributed by atoms with Crippen molar-refractivity contribution in [1.82, 2.24) is 19.7 Å². The average molecular weight is 363 g/mol. The van der Waals surface area contributed by atoms with Crippen molar-refractivity contribution in [3.63, 3.8) is 0 Å². The highest BCUT2D eigenvalue weighted by Gasteiger charge is 2.19. The summed E-state index contributed by atoms with van der Waals surface area (Å²) < 4.78 is 7.11. The Morgan fingerprint density at radius 1 is 1.07 bits per heavy atom. The number of rotatable bonds is 4. The molecular formula is C21H25N5O. The number of methoxy groups -OCH3 is 1. The van der Waals surface area contributed by atoms with Crippen LogP contribution in [0.3, 0.4) is 0 Å². The molecule has 0 bridgehead atoms. The second kappa shape index (κ2) is 7.39. The molecule has 1 aromatic carbocycles. The molecule has 0 N–H and O–H groups in total. The van der Waals surface area contributed by atoms with E-state index in [4.69, 9.17) is 9.72 Å². The Morgan fingerprint density at radius 3 is 2.52 bits per heavy atom. The van der Waals surface area contributed by atoms with Crippen LogP contribution in [0, 0.1) is 12.8 Å². The van der Waals surface area contributed by atoms with Crippen molar-refractivity contribution in [2.75, 3.05) is 25.1 Å². The Labute approximate surface area is 159 Å². The van der Waals surface area contributed by atoms with E-state index in [9.17, 15) is 0 Å². The Bertz CT molecular complexity index is 911. The Balaban J connectivity index is 1.62. The van der Waals surface area contributed by atoms with E-state index in [0.29, 0.717) is 0 Å². The first-order chi connectivity index (χ1) is 13.1. The highest BCUT2D eigenvalue weighted by Crippen LogP contribution is 2.26. The summed E-state index contributed by atoms with van der Waals surface area (Å²) >= 11 is 0. The van der Waals surface area contributed by atoms with Crippen LogP contribution in [0.5, 0.6) is 5.75 Å². The number of aromatic nitrogens is 4. The summed E-state index contributed by atoms with van der Waals surface area (Å²) in [5.41, 5.74) is 3.88. The van der Waals surface area contributed by atoms with Crippen molar-refractivity contribution in [2.24, 2.45) is 5.92 Å². The van der Waals surface area contributed by atoms with Crippen molar-refractivity contribution in [2.45, 2.75) is 26.7 Å². The van der Waals surface area contributed by atoms with Crippen LogP contribution in [-0.4, -0.2) is 39.9 Å². The number of benzene rings is 1. The van der Waals surface area contributed by atoms with Gasteiger partial charge in [0.25, 0.3) is 0 Å². The fourth-order valence-corrected chi connectivity index (χ4v) is 3.44. The van der Waals surface area contributed by atoms with Gasteiger partial charge < -0.3 is 9.64 Å². The van der Waals surface area contributed by atoms with Crippen LogP contribution in [0.2, 0.25) is 0 Å². The van der Waals surface area contributed by atoms with Gasteiger partial charge in [-0.25, -0.2) is 14.6 Å². The number of nitrogens with zero attached hydrogens (tertiary/aromatic N) is 5. The molecule has 27 heavy (non-hydrogen) atoms. The number of ether oxygens (including phenoxy) is 1. The number of hydrogen-bond donors (Lipinski definition) is 0. The quantitative estimate of drug-likeness (QED) is 0.704. The molecule has 2 aromatic heterocycles. The molecule has 3 aromatic rings. The lowest BCUT2D eigenvalue weighted by Crippen LogP contribution is -2.34. The van der Waals surface area contributed by atoms with Crippen molar-refractivity contribution in [3.05, 3.63) is 48.4 Å². The summed E-state index contributed by atoms with van der Waals surface area (Å²) in [6.07, 6.45) is 6.27. The van der Waals surface area contributed by atoms with Crippen LogP contribution in [0.25, 0.3) is 16.9 Å². The van der Waals surface area contributed by atoms with E-state index in [-0.39, 0.29) is 0 Å². The number of hydrogen-bond acceptors (Lipinski definition) is 5. The molecule has 0 atom stereocenters. The Morgan fingerprint density at radius 2 is 1.81 bits per heavy atom. The van der Waals surface area contributed by atoms with Crippen molar-refractivity contribution in [3.8, 4) is 22.7 Å². The predicted octanol–water partition coefficient (Wildman–Crippen LogP) is 3.88. The van der Waals surface area contributed by atoms with E-state index in [0.717, 1.165) is 53.3 Å². The van der Waals surface area contributed by atoms with E-state index in [1.807, 2.05) is 54.3 Å². The fraction of sp³-hybridized carbons (Fsp3) is 0.381. The fourth-order valence-electron chi connectivity index (χ4n) is 3.44. The van der Waals surface area contributed by atoms with Crippen LogP contribution >= 0.6 is 0 Å². The first kappa shape index (κ1) is 17.5. The molecule has 1 saturated heterocycles. The summed E-state index contributed by atoms with van der Waals surface area (Å²) in [6, 6.07) is 9.82. The molecule has 0 unspecified atom stereocenters. The first-order valence-electron chi connectivity index (χ1n) is 9.43. The average Bonchev–Trinajstić information content (AvgIpc) is 3.10. The van der Waals surface area contributed by atoms with Gasteiger partial charge in [-0.2, -0.15) is 5.10 Å². The second-order valence-corrected chi connectivity index (χ2v) is 7.18. The van der Waals surface area contributed by atoms with E-state index in [1.165, 1.54) is 12.8 Å². The molecule has 0 spiro atoms. The standard InChI is InChI=1S/C21H25N5O/c1-15-9-12-25(13-10-15)21-22-11-8-20(23-21)19-14-26(24-16(19)2)17-4-6-18(27-3)7-5-17/h4-8,11,14-15H,9-10,12-13H2,1-3H3. The zero-order valence-corrected chi connectivity index (χ0v) is 16.1. The molecule has 4 rings (SSSR count). The normalized spacial score (nSPS) is 15.1. The smallest absolute Gasteiger partial charge is 0.225 e. The number of aryl methyl sites for hydroxylation is 1. The third kappa shape index (κ3) is 3.65. The predicted molar refractivity (Wildman–Crippen MR) is 106 cm³/mol. The number of piperidine rings is 1. The van der Waals surface area contributed by atoms with Crippen LogP contribution in [0.15, 0.2) is 42.7 Å². The van der Waals surface area contributed by atoms with E-state index in [1.54, 1.807) is 7.11 Å². The second-order valence-electron chi connectivity index (χ2n) is 7.18. The van der Waals surface area contributed by atoms with E-state index < -0.39 is 0 Å². The summed E-state index contributed by atoms with van der Waals surface area (Å²) in [5, 5.41) is 4.67. The van der Waals surface area contributed by atoms with Gasteiger partial charge in [0.2, 0.25) is 5.95 Å². The minimum absolute atomic E-state index is 0.786. The van der Waals surface area contributed by atoms with Gasteiger partial charge in [0.05, 0.1) is 24.2 Å². The first-order valence-corrected chi connectivity index (χ1v) is 9.43. The molecule has 0 saturated carbocycles. The highest BCUT2D eigenvalue weighted by molar-refractivity contribution is 5.62. The third-order valence-electron chi connectivity index (χ3n) is 5.22. The lowest BCUT2D eigenvalue weighted by Gasteiger charge is -2.30. The monoisotopic (exact) mass is 363 g/mol. The van der Waals surface area contributed by atoms with Gasteiger partial charge >= 0.3 is 0 Å². The molecule has 3 heterocycles. The minimum atomic E-state index is 0.786. The van der Waals surface area contributed by atoms with Gasteiger partial charge in [0.1, 0.15) is 5.75 Å².